The Kier molecular flexibility index (Phi) is 4.20. The minimum absolute atomic E-state index is 0. The first-order chi connectivity index (χ1) is 4.27. The average Bonchev–Trinajstić information content (AvgIpc) is 1.90. The Morgan fingerprint density at radius 3 is 2.20 bits per heavy atom. The fraction of sp³-hybridized carbons (Fsp3) is 1.00. The fourth-order valence-electron chi connectivity index (χ4n) is 1.10. The number of piperidine rings is 1. The molecule has 62 valence electrons. The van der Waals surface area contributed by atoms with Gasteiger partial charge in [0.1, 0.15) is 0 Å². The Balaban J connectivity index is 0.000000810. The van der Waals surface area contributed by atoms with E-state index >= 15 is 0 Å². The number of nitrogens with one attached hydrogen (secondary N) is 1. The summed E-state index contributed by atoms with van der Waals surface area (Å²) in [6, 6.07) is 0. The van der Waals surface area contributed by atoms with Gasteiger partial charge in [-0.05, 0) is 25.9 Å². The zero-order valence-corrected chi connectivity index (χ0v) is 6.78. The fourth-order valence-corrected chi connectivity index (χ4v) is 1.10. The Labute approximate surface area is 67.4 Å². The molecule has 0 unspecified atom stereocenters. The predicted molar refractivity (Wildman–Crippen MR) is 43.4 cm³/mol. The largest absolute Gasteiger partial charge is 0.388 e. The van der Waals surface area contributed by atoms with Gasteiger partial charge in [0.2, 0.25) is 0 Å². The Bertz CT molecular complexity index is 93.7. The quantitative estimate of drug-likeness (QED) is 0.492. The zero-order valence-electron chi connectivity index (χ0n) is 5.97. The third-order valence-electron chi connectivity index (χ3n) is 1.91. The molecule has 0 saturated carbocycles. The first kappa shape index (κ1) is 10.2. The smallest absolute Gasteiger partial charge is 0.0793 e. The van der Waals surface area contributed by atoms with Gasteiger partial charge in [0.25, 0.3) is 0 Å². The Morgan fingerprint density at radius 1 is 1.40 bits per heavy atom. The van der Waals surface area contributed by atoms with E-state index < -0.39 is 5.60 Å². The number of halogens is 1. The second-order valence-corrected chi connectivity index (χ2v) is 2.68. The van der Waals surface area contributed by atoms with Crippen LogP contribution in [0.2, 0.25) is 0 Å². The van der Waals surface area contributed by atoms with Crippen molar-refractivity contribution in [3.05, 3.63) is 0 Å². The second-order valence-electron chi connectivity index (χ2n) is 2.68. The molecule has 1 fully saturated rings. The van der Waals surface area contributed by atoms with E-state index in [-0.39, 0.29) is 12.4 Å². The number of rotatable bonds is 1. The Morgan fingerprint density at radius 2 is 1.90 bits per heavy atom. The van der Waals surface area contributed by atoms with Crippen molar-refractivity contribution in [2.24, 2.45) is 5.73 Å². The van der Waals surface area contributed by atoms with Gasteiger partial charge >= 0.3 is 0 Å². The van der Waals surface area contributed by atoms with Crippen molar-refractivity contribution in [3.8, 4) is 0 Å². The maximum Gasteiger partial charge on any atom is 0.0793 e. The van der Waals surface area contributed by atoms with Crippen molar-refractivity contribution in [3.63, 3.8) is 0 Å². The number of hydrogen-bond donors (Lipinski definition) is 3. The molecule has 1 rings (SSSR count). The van der Waals surface area contributed by atoms with E-state index in [9.17, 15) is 5.11 Å². The molecule has 0 bridgehead atoms. The van der Waals surface area contributed by atoms with Gasteiger partial charge in [0.05, 0.1) is 5.60 Å². The van der Waals surface area contributed by atoms with E-state index in [1.165, 1.54) is 0 Å². The minimum Gasteiger partial charge on any atom is -0.388 e. The van der Waals surface area contributed by atoms with Crippen molar-refractivity contribution in [2.75, 3.05) is 19.6 Å². The summed E-state index contributed by atoms with van der Waals surface area (Å²) < 4.78 is 0. The number of hydrogen-bond acceptors (Lipinski definition) is 3. The first-order valence-corrected chi connectivity index (χ1v) is 3.40. The molecule has 0 aromatic heterocycles. The first-order valence-electron chi connectivity index (χ1n) is 3.40. The lowest BCUT2D eigenvalue weighted by Gasteiger charge is -2.30. The summed E-state index contributed by atoms with van der Waals surface area (Å²) in [5.41, 5.74) is 4.80. The lowest BCUT2D eigenvalue weighted by molar-refractivity contribution is 0.0192. The highest BCUT2D eigenvalue weighted by atomic mass is 35.5. The summed E-state index contributed by atoms with van der Waals surface area (Å²) >= 11 is 0. The van der Waals surface area contributed by atoms with Crippen molar-refractivity contribution < 1.29 is 5.11 Å². The van der Waals surface area contributed by atoms with Gasteiger partial charge in [-0.15, -0.1) is 12.4 Å². The van der Waals surface area contributed by atoms with Crippen LogP contribution in [0.5, 0.6) is 0 Å². The van der Waals surface area contributed by atoms with Gasteiger partial charge in [-0.1, -0.05) is 0 Å². The lowest BCUT2D eigenvalue weighted by Crippen LogP contribution is -2.46. The van der Waals surface area contributed by atoms with Crippen LogP contribution in [0.3, 0.4) is 0 Å². The van der Waals surface area contributed by atoms with Gasteiger partial charge in [0, 0.05) is 6.54 Å². The third-order valence-corrected chi connectivity index (χ3v) is 1.91. The van der Waals surface area contributed by atoms with E-state index in [1.807, 2.05) is 0 Å². The lowest BCUT2D eigenvalue weighted by atomic mass is 9.93. The van der Waals surface area contributed by atoms with Crippen molar-refractivity contribution in [2.45, 2.75) is 18.4 Å². The molecule has 1 aliphatic rings. The van der Waals surface area contributed by atoms with E-state index in [1.54, 1.807) is 0 Å². The van der Waals surface area contributed by atoms with E-state index in [0.29, 0.717) is 6.54 Å². The highest BCUT2D eigenvalue weighted by molar-refractivity contribution is 5.85. The molecule has 0 aliphatic carbocycles. The van der Waals surface area contributed by atoms with Gasteiger partial charge in [-0.3, -0.25) is 0 Å². The van der Waals surface area contributed by atoms with Gasteiger partial charge in [0.15, 0.2) is 0 Å². The van der Waals surface area contributed by atoms with Crippen LogP contribution < -0.4 is 11.1 Å². The summed E-state index contributed by atoms with van der Waals surface area (Å²) in [7, 11) is 0. The van der Waals surface area contributed by atoms with Crippen LogP contribution in [-0.2, 0) is 0 Å². The molecule has 0 amide bonds. The van der Waals surface area contributed by atoms with E-state index in [0.717, 1.165) is 25.9 Å². The van der Waals surface area contributed by atoms with Crippen LogP contribution in [0.25, 0.3) is 0 Å². The standard InChI is InChI=1S/C6H14N2O.ClH/c7-5-6(9)1-3-8-4-2-6;/h8-9H,1-5,7H2;1H. The molecule has 0 aromatic carbocycles. The van der Waals surface area contributed by atoms with E-state index in [2.05, 4.69) is 5.32 Å². The van der Waals surface area contributed by atoms with Crippen LogP contribution in [0, 0.1) is 0 Å². The molecule has 0 radical (unpaired) electrons. The van der Waals surface area contributed by atoms with E-state index in [4.69, 9.17) is 5.73 Å². The highest BCUT2D eigenvalue weighted by Crippen LogP contribution is 2.14. The molecule has 0 aromatic rings. The van der Waals surface area contributed by atoms with Crippen LogP contribution in [0.4, 0.5) is 0 Å². The number of nitrogens with two attached hydrogens (primary N) is 1. The number of aliphatic hydroxyl groups is 1. The molecular weight excluding hydrogens is 152 g/mol. The molecule has 1 aliphatic heterocycles. The van der Waals surface area contributed by atoms with Crippen molar-refractivity contribution in [1.82, 2.24) is 5.32 Å². The van der Waals surface area contributed by atoms with Crippen LogP contribution in [0.15, 0.2) is 0 Å². The molecule has 4 heteroatoms. The van der Waals surface area contributed by atoms with Crippen LogP contribution in [-0.4, -0.2) is 30.3 Å². The summed E-state index contributed by atoms with van der Waals surface area (Å²) in [4.78, 5) is 0. The molecule has 1 heterocycles. The van der Waals surface area contributed by atoms with Gasteiger partial charge < -0.3 is 16.2 Å². The average molecular weight is 167 g/mol. The monoisotopic (exact) mass is 166 g/mol. The van der Waals surface area contributed by atoms with Crippen LogP contribution in [0.1, 0.15) is 12.8 Å². The molecule has 1 saturated heterocycles. The predicted octanol–water partition coefficient (Wildman–Crippen LogP) is -0.519. The molecular formula is C6H15ClN2O. The summed E-state index contributed by atoms with van der Waals surface area (Å²) in [5.74, 6) is 0. The normalized spacial score (nSPS) is 23.4. The zero-order chi connectivity index (χ0) is 6.74. The van der Waals surface area contributed by atoms with Gasteiger partial charge in [-0.2, -0.15) is 0 Å². The maximum atomic E-state index is 9.52. The second kappa shape index (κ2) is 4.13. The topological polar surface area (TPSA) is 58.3 Å². The highest BCUT2D eigenvalue weighted by Gasteiger charge is 2.26. The van der Waals surface area contributed by atoms with Crippen molar-refractivity contribution >= 4 is 12.4 Å². The van der Waals surface area contributed by atoms with Crippen LogP contribution >= 0.6 is 12.4 Å². The molecule has 0 atom stereocenters. The third kappa shape index (κ3) is 2.42. The molecule has 0 spiro atoms. The Hall–Kier alpha value is 0.170. The minimum atomic E-state index is -0.564. The molecule has 10 heavy (non-hydrogen) atoms. The van der Waals surface area contributed by atoms with Gasteiger partial charge in [-0.25, -0.2) is 0 Å². The SMILES string of the molecule is Cl.NCC1(O)CCNCC1. The molecule has 4 N–H and O–H groups in total. The summed E-state index contributed by atoms with van der Waals surface area (Å²) in [6.45, 7) is 2.19. The molecule has 3 nitrogen and oxygen atoms in total. The summed E-state index contributed by atoms with van der Waals surface area (Å²) in [5, 5.41) is 12.7. The maximum absolute atomic E-state index is 9.52. The summed E-state index contributed by atoms with van der Waals surface area (Å²) in [6.07, 6.45) is 1.59. The van der Waals surface area contributed by atoms with Crippen molar-refractivity contribution in [1.29, 1.82) is 0 Å².